The Morgan fingerprint density at radius 1 is 1.53 bits per heavy atom. The Hall–Kier alpha value is -2.40. The first-order valence-corrected chi connectivity index (χ1v) is 5.28. The van der Waals surface area contributed by atoms with E-state index in [0.29, 0.717) is 12.0 Å². The molecule has 1 rings (SSSR count). The lowest BCUT2D eigenvalue weighted by Crippen LogP contribution is -2.34. The molecule has 1 aromatic rings. The second kappa shape index (κ2) is 6.24. The van der Waals surface area contributed by atoms with Gasteiger partial charge in [-0.1, -0.05) is 13.3 Å². The van der Waals surface area contributed by atoms with E-state index in [2.05, 4.69) is 10.3 Å². The normalized spacial score (nSPS) is 11.0. The summed E-state index contributed by atoms with van der Waals surface area (Å²) in [4.78, 5) is 15.5. The number of rotatable bonds is 4. The van der Waals surface area contributed by atoms with Crippen molar-refractivity contribution >= 4 is 5.91 Å². The molecule has 1 aromatic heterocycles. The van der Waals surface area contributed by atoms with E-state index < -0.39 is 11.9 Å². The molecule has 1 atom stereocenters. The third-order valence-corrected chi connectivity index (χ3v) is 2.16. The molecule has 0 saturated carbocycles. The first kappa shape index (κ1) is 12.7. The van der Waals surface area contributed by atoms with Gasteiger partial charge in [0.2, 0.25) is 0 Å². The summed E-state index contributed by atoms with van der Waals surface area (Å²) in [6.45, 7) is 1.94. The molecule has 1 heterocycles. The molecular weight excluding hydrogens is 216 g/mol. The van der Waals surface area contributed by atoms with Crippen molar-refractivity contribution in [3.8, 4) is 12.1 Å². The van der Waals surface area contributed by atoms with E-state index in [-0.39, 0.29) is 5.69 Å². The topological polar surface area (TPSA) is 89.6 Å². The number of nitrogens with one attached hydrogen (secondary N) is 1. The second-order valence-electron chi connectivity index (χ2n) is 3.49. The van der Waals surface area contributed by atoms with Gasteiger partial charge in [0.15, 0.2) is 0 Å². The van der Waals surface area contributed by atoms with Gasteiger partial charge in [-0.2, -0.15) is 10.5 Å². The number of hydrogen-bond donors (Lipinski definition) is 1. The predicted octanol–water partition coefficient (Wildman–Crippen LogP) is 1.38. The van der Waals surface area contributed by atoms with Gasteiger partial charge in [-0.25, -0.2) is 4.98 Å². The van der Waals surface area contributed by atoms with Gasteiger partial charge in [0, 0.05) is 6.20 Å². The van der Waals surface area contributed by atoms with E-state index in [9.17, 15) is 4.79 Å². The molecule has 5 heteroatoms. The molecule has 1 N–H and O–H groups in total. The van der Waals surface area contributed by atoms with Gasteiger partial charge in [-0.3, -0.25) is 4.79 Å². The first-order chi connectivity index (χ1) is 8.21. The molecule has 0 aromatic carbocycles. The Morgan fingerprint density at radius 2 is 2.29 bits per heavy atom. The summed E-state index contributed by atoms with van der Waals surface area (Å²) in [6, 6.07) is 6.42. The summed E-state index contributed by atoms with van der Waals surface area (Å²) in [5.41, 5.74) is 0.604. The summed E-state index contributed by atoms with van der Waals surface area (Å²) in [5, 5.41) is 20.0. The van der Waals surface area contributed by atoms with Crippen LogP contribution in [0.4, 0.5) is 0 Å². The van der Waals surface area contributed by atoms with E-state index in [1.54, 1.807) is 0 Å². The fourth-order valence-corrected chi connectivity index (χ4v) is 1.28. The lowest BCUT2D eigenvalue weighted by Gasteiger charge is -2.09. The van der Waals surface area contributed by atoms with Crippen molar-refractivity contribution in [3.63, 3.8) is 0 Å². The summed E-state index contributed by atoms with van der Waals surface area (Å²) >= 11 is 0. The molecular formula is C12H12N4O. The van der Waals surface area contributed by atoms with Gasteiger partial charge >= 0.3 is 0 Å². The number of carbonyl (C=O) groups is 1. The second-order valence-corrected chi connectivity index (χ2v) is 3.49. The van der Waals surface area contributed by atoms with Crippen LogP contribution in [0.1, 0.15) is 35.8 Å². The van der Waals surface area contributed by atoms with Gasteiger partial charge in [-0.05, 0) is 18.6 Å². The van der Waals surface area contributed by atoms with Crippen LogP contribution in [0.15, 0.2) is 18.3 Å². The van der Waals surface area contributed by atoms with E-state index in [1.807, 2.05) is 19.1 Å². The number of nitriles is 2. The quantitative estimate of drug-likeness (QED) is 0.842. The summed E-state index contributed by atoms with van der Waals surface area (Å²) in [5.74, 6) is -0.394. The van der Waals surface area contributed by atoms with Crippen LogP contribution in [-0.4, -0.2) is 16.9 Å². The molecule has 0 aliphatic carbocycles. The maximum absolute atomic E-state index is 11.7. The average Bonchev–Trinajstić information content (AvgIpc) is 2.38. The van der Waals surface area contributed by atoms with Crippen LogP contribution in [0.5, 0.6) is 0 Å². The minimum Gasteiger partial charge on any atom is -0.335 e. The number of aromatic nitrogens is 1. The Labute approximate surface area is 99.7 Å². The maximum Gasteiger partial charge on any atom is 0.270 e. The number of nitrogens with zero attached hydrogens (tertiary/aromatic N) is 3. The van der Waals surface area contributed by atoms with E-state index in [4.69, 9.17) is 10.5 Å². The molecule has 0 aliphatic rings. The van der Waals surface area contributed by atoms with Gasteiger partial charge in [0.1, 0.15) is 17.8 Å². The van der Waals surface area contributed by atoms with Crippen LogP contribution in [0, 0.1) is 22.7 Å². The molecule has 0 spiro atoms. The highest BCUT2D eigenvalue weighted by atomic mass is 16.1. The van der Waals surface area contributed by atoms with Crippen molar-refractivity contribution in [2.24, 2.45) is 0 Å². The standard InChI is InChI=1S/C12H12N4O/c1-2-3-10(7-14)16-12(17)11-5-4-9(6-13)8-15-11/h4-5,8,10H,2-3H2,1H3,(H,16,17). The zero-order valence-corrected chi connectivity index (χ0v) is 9.47. The van der Waals surface area contributed by atoms with Gasteiger partial charge < -0.3 is 5.32 Å². The minimum atomic E-state index is -0.495. The van der Waals surface area contributed by atoms with Crippen LogP contribution in [0.2, 0.25) is 0 Å². The molecule has 17 heavy (non-hydrogen) atoms. The third-order valence-electron chi connectivity index (χ3n) is 2.16. The monoisotopic (exact) mass is 228 g/mol. The van der Waals surface area contributed by atoms with E-state index >= 15 is 0 Å². The van der Waals surface area contributed by atoms with Crippen molar-refractivity contribution in [2.75, 3.05) is 0 Å². The van der Waals surface area contributed by atoms with E-state index in [1.165, 1.54) is 18.3 Å². The van der Waals surface area contributed by atoms with Crippen LogP contribution >= 0.6 is 0 Å². The van der Waals surface area contributed by atoms with Gasteiger partial charge in [-0.15, -0.1) is 0 Å². The number of hydrogen-bond acceptors (Lipinski definition) is 4. The number of amides is 1. The molecule has 0 fully saturated rings. The summed E-state index contributed by atoms with van der Waals surface area (Å²) in [6.07, 6.45) is 2.76. The highest BCUT2D eigenvalue weighted by Crippen LogP contribution is 2.01. The van der Waals surface area contributed by atoms with Crippen LogP contribution in [0.3, 0.4) is 0 Å². The number of pyridine rings is 1. The Kier molecular flexibility index (Phi) is 4.65. The fraction of sp³-hybridized carbons (Fsp3) is 0.333. The third kappa shape index (κ3) is 3.58. The Bertz CT molecular complexity index is 467. The van der Waals surface area contributed by atoms with Crippen molar-refractivity contribution < 1.29 is 4.79 Å². The molecule has 5 nitrogen and oxygen atoms in total. The highest BCUT2D eigenvalue weighted by Gasteiger charge is 2.12. The zero-order chi connectivity index (χ0) is 12.7. The Morgan fingerprint density at radius 3 is 2.76 bits per heavy atom. The molecule has 0 bridgehead atoms. The van der Waals surface area contributed by atoms with Crippen molar-refractivity contribution in [3.05, 3.63) is 29.6 Å². The van der Waals surface area contributed by atoms with Crippen molar-refractivity contribution in [1.82, 2.24) is 10.3 Å². The fourth-order valence-electron chi connectivity index (χ4n) is 1.28. The Balaban J connectivity index is 2.70. The molecule has 1 amide bonds. The predicted molar refractivity (Wildman–Crippen MR) is 60.7 cm³/mol. The smallest absolute Gasteiger partial charge is 0.270 e. The SMILES string of the molecule is CCCC(C#N)NC(=O)c1ccc(C#N)cn1. The number of carbonyl (C=O) groups excluding carboxylic acids is 1. The molecule has 0 radical (unpaired) electrons. The summed E-state index contributed by atoms with van der Waals surface area (Å²) < 4.78 is 0. The van der Waals surface area contributed by atoms with Crippen LogP contribution < -0.4 is 5.32 Å². The lowest BCUT2D eigenvalue weighted by molar-refractivity contribution is 0.0939. The zero-order valence-electron chi connectivity index (χ0n) is 9.47. The highest BCUT2D eigenvalue weighted by molar-refractivity contribution is 5.92. The largest absolute Gasteiger partial charge is 0.335 e. The average molecular weight is 228 g/mol. The molecule has 86 valence electrons. The first-order valence-electron chi connectivity index (χ1n) is 5.28. The molecule has 0 saturated heterocycles. The molecule has 1 unspecified atom stereocenters. The van der Waals surface area contributed by atoms with Crippen LogP contribution in [-0.2, 0) is 0 Å². The van der Waals surface area contributed by atoms with E-state index in [0.717, 1.165) is 6.42 Å². The van der Waals surface area contributed by atoms with Crippen molar-refractivity contribution in [1.29, 1.82) is 10.5 Å². The molecule has 0 aliphatic heterocycles. The minimum absolute atomic E-state index is 0.209. The van der Waals surface area contributed by atoms with Crippen LogP contribution in [0.25, 0.3) is 0 Å². The summed E-state index contributed by atoms with van der Waals surface area (Å²) in [7, 11) is 0. The van der Waals surface area contributed by atoms with Gasteiger partial charge in [0.05, 0.1) is 11.6 Å². The van der Waals surface area contributed by atoms with Gasteiger partial charge in [0.25, 0.3) is 5.91 Å². The lowest BCUT2D eigenvalue weighted by atomic mass is 10.2. The maximum atomic E-state index is 11.7. The van der Waals surface area contributed by atoms with Crippen molar-refractivity contribution in [2.45, 2.75) is 25.8 Å².